The number of nitrogen functional groups attached to an aromatic ring is 1. The van der Waals surface area contributed by atoms with Crippen molar-refractivity contribution in [2.75, 3.05) is 17.6 Å². The lowest BCUT2D eigenvalue weighted by molar-refractivity contribution is 0.535. The maximum absolute atomic E-state index is 5.97. The predicted octanol–water partition coefficient (Wildman–Crippen LogP) is 2.70. The van der Waals surface area contributed by atoms with Crippen LogP contribution >= 0.6 is 0 Å². The van der Waals surface area contributed by atoms with Gasteiger partial charge in [0.1, 0.15) is 17.5 Å². The number of rotatable bonds is 5. The third-order valence-corrected chi connectivity index (χ3v) is 4.16. The number of nitrogens with zero attached hydrogens (tertiary/aromatic N) is 2. The van der Waals surface area contributed by atoms with E-state index in [1.807, 2.05) is 6.92 Å². The molecule has 1 aromatic rings. The van der Waals surface area contributed by atoms with Crippen molar-refractivity contribution in [1.29, 1.82) is 0 Å². The van der Waals surface area contributed by atoms with Crippen molar-refractivity contribution in [3.63, 3.8) is 0 Å². The first-order valence-electron chi connectivity index (χ1n) is 7.03. The lowest BCUT2D eigenvalue weighted by Crippen LogP contribution is -2.16. The van der Waals surface area contributed by atoms with E-state index >= 15 is 0 Å². The third kappa shape index (κ3) is 2.42. The Morgan fingerprint density at radius 1 is 1.28 bits per heavy atom. The van der Waals surface area contributed by atoms with E-state index in [-0.39, 0.29) is 0 Å². The molecule has 2 aliphatic rings. The summed E-state index contributed by atoms with van der Waals surface area (Å²) in [4.78, 5) is 9.04. The van der Waals surface area contributed by atoms with Crippen LogP contribution in [0, 0.1) is 18.8 Å². The number of nitrogens with one attached hydrogen (secondary N) is 1. The maximum atomic E-state index is 5.97. The molecule has 0 aromatic carbocycles. The van der Waals surface area contributed by atoms with Crippen molar-refractivity contribution in [3.8, 4) is 0 Å². The Hall–Kier alpha value is -1.32. The molecule has 0 radical (unpaired) electrons. The van der Waals surface area contributed by atoms with Gasteiger partial charge in [-0.25, -0.2) is 9.97 Å². The zero-order chi connectivity index (χ0) is 12.7. The zero-order valence-corrected chi connectivity index (χ0v) is 11.2. The molecule has 1 heterocycles. The second kappa shape index (κ2) is 4.41. The van der Waals surface area contributed by atoms with Gasteiger partial charge in [-0.1, -0.05) is 6.92 Å². The number of nitrogens with two attached hydrogens (primary N) is 1. The van der Waals surface area contributed by atoms with Gasteiger partial charge in [-0.15, -0.1) is 0 Å². The third-order valence-electron chi connectivity index (χ3n) is 4.16. The molecule has 1 unspecified atom stereocenters. The first kappa shape index (κ1) is 11.8. The van der Waals surface area contributed by atoms with E-state index < -0.39 is 0 Å². The van der Waals surface area contributed by atoms with Gasteiger partial charge in [0, 0.05) is 18.0 Å². The fraction of sp³-hybridized carbons (Fsp3) is 0.714. The fourth-order valence-electron chi connectivity index (χ4n) is 2.34. The van der Waals surface area contributed by atoms with E-state index in [0.717, 1.165) is 35.6 Å². The lowest BCUT2D eigenvalue weighted by Gasteiger charge is -2.15. The highest BCUT2D eigenvalue weighted by molar-refractivity contribution is 5.55. The van der Waals surface area contributed by atoms with Crippen molar-refractivity contribution in [3.05, 3.63) is 11.4 Å². The lowest BCUT2D eigenvalue weighted by atomic mass is 10.1. The Balaban J connectivity index is 1.72. The Kier molecular flexibility index (Phi) is 2.88. The van der Waals surface area contributed by atoms with Crippen molar-refractivity contribution >= 4 is 11.6 Å². The SMILES string of the molecule is Cc1c(N)nc(C2CC2)nc1NCC(C)C1CC1. The minimum atomic E-state index is 0.550. The Labute approximate surface area is 108 Å². The standard InChI is InChI=1S/C14H22N4/c1-8(10-3-4-10)7-16-13-9(2)12(15)17-14(18-13)11-5-6-11/h8,10-11H,3-7H2,1-2H3,(H3,15,16,17,18). The van der Waals surface area contributed by atoms with Crippen LogP contribution in [0.3, 0.4) is 0 Å². The number of hydrogen-bond donors (Lipinski definition) is 2. The van der Waals surface area contributed by atoms with Crippen LogP contribution in [-0.4, -0.2) is 16.5 Å². The van der Waals surface area contributed by atoms with Crippen LogP contribution in [0.5, 0.6) is 0 Å². The van der Waals surface area contributed by atoms with Gasteiger partial charge in [-0.2, -0.15) is 0 Å². The Morgan fingerprint density at radius 3 is 2.61 bits per heavy atom. The van der Waals surface area contributed by atoms with Gasteiger partial charge < -0.3 is 11.1 Å². The molecule has 4 nitrogen and oxygen atoms in total. The second-order valence-electron chi connectivity index (χ2n) is 5.91. The highest BCUT2D eigenvalue weighted by Crippen LogP contribution is 2.39. The molecule has 18 heavy (non-hydrogen) atoms. The summed E-state index contributed by atoms with van der Waals surface area (Å²) in [5.74, 6) is 4.70. The smallest absolute Gasteiger partial charge is 0.136 e. The van der Waals surface area contributed by atoms with Crippen LogP contribution in [0.25, 0.3) is 0 Å². The van der Waals surface area contributed by atoms with Crippen LogP contribution < -0.4 is 11.1 Å². The number of aromatic nitrogens is 2. The molecule has 98 valence electrons. The van der Waals surface area contributed by atoms with Crippen LogP contribution in [0.15, 0.2) is 0 Å². The zero-order valence-electron chi connectivity index (χ0n) is 11.2. The van der Waals surface area contributed by atoms with Gasteiger partial charge in [0.25, 0.3) is 0 Å². The van der Waals surface area contributed by atoms with E-state index in [1.54, 1.807) is 0 Å². The summed E-state index contributed by atoms with van der Waals surface area (Å²) >= 11 is 0. The fourth-order valence-corrected chi connectivity index (χ4v) is 2.34. The molecule has 3 N–H and O–H groups in total. The van der Waals surface area contributed by atoms with E-state index in [2.05, 4.69) is 22.2 Å². The molecule has 2 aliphatic carbocycles. The maximum Gasteiger partial charge on any atom is 0.136 e. The van der Waals surface area contributed by atoms with E-state index in [9.17, 15) is 0 Å². The van der Waals surface area contributed by atoms with Crippen LogP contribution in [0.1, 0.15) is 49.9 Å². The summed E-state index contributed by atoms with van der Waals surface area (Å²) < 4.78 is 0. The average molecular weight is 246 g/mol. The summed E-state index contributed by atoms with van der Waals surface area (Å²) in [6, 6.07) is 0. The topological polar surface area (TPSA) is 63.8 Å². The minimum Gasteiger partial charge on any atom is -0.383 e. The molecule has 2 saturated carbocycles. The second-order valence-corrected chi connectivity index (χ2v) is 5.91. The molecular formula is C14H22N4. The largest absolute Gasteiger partial charge is 0.383 e. The Bertz CT molecular complexity index is 449. The highest BCUT2D eigenvalue weighted by Gasteiger charge is 2.29. The molecule has 2 fully saturated rings. The average Bonchev–Trinajstić information content (AvgIpc) is 3.19. The van der Waals surface area contributed by atoms with Crippen LogP contribution in [0.4, 0.5) is 11.6 Å². The van der Waals surface area contributed by atoms with Gasteiger partial charge in [0.2, 0.25) is 0 Å². The molecule has 1 aromatic heterocycles. The van der Waals surface area contributed by atoms with Gasteiger partial charge in [0.05, 0.1) is 0 Å². The summed E-state index contributed by atoms with van der Waals surface area (Å²) in [6.45, 7) is 5.30. The molecule has 0 amide bonds. The molecular weight excluding hydrogens is 224 g/mol. The van der Waals surface area contributed by atoms with Crippen LogP contribution in [0.2, 0.25) is 0 Å². The predicted molar refractivity (Wildman–Crippen MR) is 73.5 cm³/mol. The molecule has 3 rings (SSSR count). The first-order valence-corrected chi connectivity index (χ1v) is 7.03. The van der Waals surface area contributed by atoms with Gasteiger partial charge in [-0.3, -0.25) is 0 Å². The van der Waals surface area contributed by atoms with Crippen molar-refractivity contribution in [2.24, 2.45) is 11.8 Å². The van der Waals surface area contributed by atoms with Crippen molar-refractivity contribution in [1.82, 2.24) is 9.97 Å². The van der Waals surface area contributed by atoms with Gasteiger partial charge in [0.15, 0.2) is 0 Å². The van der Waals surface area contributed by atoms with Gasteiger partial charge in [-0.05, 0) is 44.4 Å². The van der Waals surface area contributed by atoms with Crippen molar-refractivity contribution < 1.29 is 0 Å². The summed E-state index contributed by atoms with van der Waals surface area (Å²) in [7, 11) is 0. The van der Waals surface area contributed by atoms with E-state index in [1.165, 1.54) is 25.7 Å². The summed E-state index contributed by atoms with van der Waals surface area (Å²) in [5, 5.41) is 3.47. The van der Waals surface area contributed by atoms with E-state index in [4.69, 9.17) is 5.73 Å². The molecule has 0 saturated heterocycles. The summed E-state index contributed by atoms with van der Waals surface area (Å²) in [5.41, 5.74) is 6.96. The van der Waals surface area contributed by atoms with Crippen molar-refractivity contribution in [2.45, 2.75) is 45.4 Å². The monoisotopic (exact) mass is 246 g/mol. The normalized spacial score (nSPS) is 20.8. The van der Waals surface area contributed by atoms with Gasteiger partial charge >= 0.3 is 0 Å². The number of anilines is 2. The molecule has 1 atom stereocenters. The first-order chi connectivity index (χ1) is 8.65. The molecule has 0 aliphatic heterocycles. The Morgan fingerprint density at radius 2 is 2.00 bits per heavy atom. The quantitative estimate of drug-likeness (QED) is 0.838. The minimum absolute atomic E-state index is 0.550. The van der Waals surface area contributed by atoms with E-state index in [0.29, 0.717) is 11.7 Å². The number of hydrogen-bond acceptors (Lipinski definition) is 4. The molecule has 0 bridgehead atoms. The van der Waals surface area contributed by atoms with Crippen LogP contribution in [-0.2, 0) is 0 Å². The highest BCUT2D eigenvalue weighted by atomic mass is 15.1. The summed E-state index contributed by atoms with van der Waals surface area (Å²) in [6.07, 6.45) is 5.20. The molecule has 0 spiro atoms. The molecule has 4 heteroatoms.